The second-order valence-electron chi connectivity index (χ2n) is 5.98. The zero-order valence-electron chi connectivity index (χ0n) is 14.9. The molecule has 1 N–H and O–H groups in total. The van der Waals surface area contributed by atoms with E-state index >= 15 is 0 Å². The summed E-state index contributed by atoms with van der Waals surface area (Å²) in [6.45, 7) is 3.84. The van der Waals surface area contributed by atoms with Crippen LogP contribution in [0, 0.1) is 31.0 Å². The maximum absolute atomic E-state index is 13.0. The number of anilines is 1. The Balaban J connectivity index is 1.91. The van der Waals surface area contributed by atoms with Gasteiger partial charge in [0.05, 0.1) is 0 Å². The molecule has 0 radical (unpaired) electrons. The molecule has 0 saturated carbocycles. The summed E-state index contributed by atoms with van der Waals surface area (Å²) >= 11 is 0. The van der Waals surface area contributed by atoms with Crippen molar-refractivity contribution in [3.8, 4) is 11.9 Å². The van der Waals surface area contributed by atoms with Gasteiger partial charge in [0.2, 0.25) is 0 Å². The van der Waals surface area contributed by atoms with Gasteiger partial charge in [0.15, 0.2) is 0 Å². The third-order valence-corrected chi connectivity index (χ3v) is 4.12. The quantitative estimate of drug-likeness (QED) is 0.561. The lowest BCUT2D eigenvalue weighted by molar-refractivity contribution is -0.112. The molecule has 134 valence electrons. The fourth-order valence-corrected chi connectivity index (χ4v) is 2.81. The lowest BCUT2D eigenvalue weighted by Gasteiger charge is -2.08. The number of rotatable bonds is 4. The maximum atomic E-state index is 13.0. The van der Waals surface area contributed by atoms with E-state index in [0.29, 0.717) is 5.69 Å². The Hall–Kier alpha value is -3.72. The van der Waals surface area contributed by atoms with Gasteiger partial charge in [-0.3, -0.25) is 4.79 Å². The number of nitrogens with one attached hydrogen (secondary N) is 1. The van der Waals surface area contributed by atoms with Gasteiger partial charge in [0, 0.05) is 23.3 Å². The Bertz CT molecular complexity index is 1040. The number of amides is 1. The first kappa shape index (κ1) is 18.1. The number of nitrogens with zero attached hydrogens (tertiary/aromatic N) is 3. The second kappa shape index (κ2) is 7.67. The van der Waals surface area contributed by atoms with Crippen LogP contribution in [0.15, 0.2) is 60.3 Å². The topological polar surface area (TPSA) is 70.7 Å². The fraction of sp³-hybridized carbons (Fsp3) is 0.0952. The van der Waals surface area contributed by atoms with Crippen LogP contribution in [0.5, 0.6) is 0 Å². The lowest BCUT2D eigenvalue weighted by Crippen LogP contribution is -2.13. The van der Waals surface area contributed by atoms with Crippen molar-refractivity contribution in [3.63, 3.8) is 0 Å². The second-order valence-corrected chi connectivity index (χ2v) is 5.98. The van der Waals surface area contributed by atoms with E-state index in [9.17, 15) is 14.4 Å². The van der Waals surface area contributed by atoms with Gasteiger partial charge in [-0.25, -0.2) is 9.37 Å². The normalized spacial score (nSPS) is 11.1. The average Bonchev–Trinajstić information content (AvgIpc) is 2.95. The summed E-state index contributed by atoms with van der Waals surface area (Å²) in [5.74, 6) is -0.181. The highest BCUT2D eigenvalue weighted by atomic mass is 19.1. The Morgan fingerprint density at radius 2 is 1.96 bits per heavy atom. The molecule has 0 aliphatic carbocycles. The molecule has 6 heteroatoms. The summed E-state index contributed by atoms with van der Waals surface area (Å²) in [4.78, 5) is 16.7. The highest BCUT2D eigenvalue weighted by Crippen LogP contribution is 2.22. The van der Waals surface area contributed by atoms with E-state index in [1.165, 1.54) is 24.3 Å². The molecule has 3 rings (SSSR count). The van der Waals surface area contributed by atoms with E-state index in [4.69, 9.17) is 0 Å². The number of hydrogen-bond donors (Lipinski definition) is 1. The van der Waals surface area contributed by atoms with Gasteiger partial charge in [-0.15, -0.1) is 0 Å². The van der Waals surface area contributed by atoms with E-state index < -0.39 is 11.7 Å². The van der Waals surface area contributed by atoms with Gasteiger partial charge in [0.25, 0.3) is 5.91 Å². The van der Waals surface area contributed by atoms with Crippen LogP contribution in [0.2, 0.25) is 0 Å². The highest BCUT2D eigenvalue weighted by Gasteiger charge is 2.14. The monoisotopic (exact) mass is 360 g/mol. The molecule has 3 aromatic rings. The molecule has 0 unspecified atom stereocenters. The maximum Gasteiger partial charge on any atom is 0.266 e. The SMILES string of the molecule is Cc1cc(/C=C(/C#N)C(=O)Nc2ccc(F)cc2)c(C)n1-c1ccccn1. The first-order valence-electron chi connectivity index (χ1n) is 8.28. The number of pyridine rings is 1. The average molecular weight is 360 g/mol. The largest absolute Gasteiger partial charge is 0.321 e. The molecule has 0 aliphatic heterocycles. The van der Waals surface area contributed by atoms with Gasteiger partial charge in [-0.2, -0.15) is 5.26 Å². The molecular formula is C21H17FN4O. The molecule has 0 spiro atoms. The highest BCUT2D eigenvalue weighted by molar-refractivity contribution is 6.09. The van der Waals surface area contributed by atoms with Crippen molar-refractivity contribution < 1.29 is 9.18 Å². The molecule has 2 heterocycles. The van der Waals surface area contributed by atoms with Crippen LogP contribution in [-0.4, -0.2) is 15.5 Å². The Kier molecular flexibility index (Phi) is 5.13. The summed E-state index contributed by atoms with van der Waals surface area (Å²) < 4.78 is 14.9. The van der Waals surface area contributed by atoms with Gasteiger partial charge < -0.3 is 9.88 Å². The van der Waals surface area contributed by atoms with Crippen LogP contribution in [0.4, 0.5) is 10.1 Å². The summed E-state index contributed by atoms with van der Waals surface area (Å²) in [6, 6.07) is 14.8. The first-order chi connectivity index (χ1) is 13.0. The lowest BCUT2D eigenvalue weighted by atomic mass is 10.1. The number of carbonyl (C=O) groups excluding carboxylic acids is 1. The van der Waals surface area contributed by atoms with E-state index in [1.54, 1.807) is 12.3 Å². The smallest absolute Gasteiger partial charge is 0.266 e. The van der Waals surface area contributed by atoms with Gasteiger partial charge >= 0.3 is 0 Å². The zero-order valence-corrected chi connectivity index (χ0v) is 14.9. The first-order valence-corrected chi connectivity index (χ1v) is 8.28. The van der Waals surface area contributed by atoms with Gasteiger partial charge in [-0.1, -0.05) is 6.07 Å². The standard InChI is InChI=1S/C21H17FN4O/c1-14-11-16(15(2)26(14)20-5-3-4-10-24-20)12-17(13-23)21(27)25-19-8-6-18(22)7-9-19/h3-12H,1-2H3,(H,25,27)/b17-12-. The number of hydrogen-bond acceptors (Lipinski definition) is 3. The predicted molar refractivity (Wildman–Crippen MR) is 102 cm³/mol. The summed E-state index contributed by atoms with van der Waals surface area (Å²) in [5.41, 5.74) is 2.94. The van der Waals surface area contributed by atoms with E-state index in [0.717, 1.165) is 22.8 Å². The molecule has 0 aliphatic rings. The third kappa shape index (κ3) is 3.93. The Morgan fingerprint density at radius 1 is 1.22 bits per heavy atom. The molecule has 1 amide bonds. The number of aromatic nitrogens is 2. The van der Waals surface area contributed by atoms with Crippen LogP contribution in [-0.2, 0) is 4.79 Å². The van der Waals surface area contributed by atoms with Crippen LogP contribution in [0.3, 0.4) is 0 Å². The molecule has 27 heavy (non-hydrogen) atoms. The number of carbonyl (C=O) groups is 1. The minimum Gasteiger partial charge on any atom is -0.321 e. The van der Waals surface area contributed by atoms with Crippen molar-refractivity contribution >= 4 is 17.7 Å². The molecule has 1 aromatic carbocycles. The number of nitriles is 1. The van der Waals surface area contributed by atoms with Crippen LogP contribution in [0.1, 0.15) is 17.0 Å². The summed E-state index contributed by atoms with van der Waals surface area (Å²) in [5, 5.41) is 12.0. The van der Waals surface area contributed by atoms with E-state index in [1.807, 2.05) is 48.7 Å². The fourth-order valence-electron chi connectivity index (χ4n) is 2.81. The summed E-state index contributed by atoms with van der Waals surface area (Å²) in [7, 11) is 0. The van der Waals surface area contributed by atoms with E-state index in [-0.39, 0.29) is 5.57 Å². The van der Waals surface area contributed by atoms with Crippen molar-refractivity contribution in [3.05, 3.63) is 83.1 Å². The molecule has 0 bridgehead atoms. The van der Waals surface area contributed by atoms with Crippen molar-refractivity contribution in [2.45, 2.75) is 13.8 Å². The zero-order chi connectivity index (χ0) is 19.4. The van der Waals surface area contributed by atoms with Crippen molar-refractivity contribution in [1.82, 2.24) is 9.55 Å². The minimum absolute atomic E-state index is 0.0411. The molecule has 0 atom stereocenters. The van der Waals surface area contributed by atoms with Crippen molar-refractivity contribution in [2.75, 3.05) is 5.32 Å². The van der Waals surface area contributed by atoms with Crippen molar-refractivity contribution in [1.29, 1.82) is 5.26 Å². The molecule has 0 fully saturated rings. The molecular weight excluding hydrogens is 343 g/mol. The Labute approximate surface area is 156 Å². The predicted octanol–water partition coefficient (Wildman–Crippen LogP) is 4.17. The number of halogens is 1. The number of aryl methyl sites for hydroxylation is 1. The minimum atomic E-state index is -0.549. The molecule has 0 saturated heterocycles. The molecule has 2 aromatic heterocycles. The van der Waals surface area contributed by atoms with Crippen LogP contribution in [0.25, 0.3) is 11.9 Å². The molecule has 5 nitrogen and oxygen atoms in total. The summed E-state index contributed by atoms with van der Waals surface area (Å²) in [6.07, 6.45) is 3.25. The Morgan fingerprint density at radius 3 is 2.59 bits per heavy atom. The third-order valence-electron chi connectivity index (χ3n) is 4.12. The van der Waals surface area contributed by atoms with Gasteiger partial charge in [-0.05, 0) is 68.0 Å². The van der Waals surface area contributed by atoms with E-state index in [2.05, 4.69) is 10.3 Å². The van der Waals surface area contributed by atoms with Crippen LogP contribution >= 0.6 is 0 Å². The number of benzene rings is 1. The van der Waals surface area contributed by atoms with Crippen LogP contribution < -0.4 is 5.32 Å². The van der Waals surface area contributed by atoms with Gasteiger partial charge in [0.1, 0.15) is 23.3 Å². The van der Waals surface area contributed by atoms with Crippen molar-refractivity contribution in [2.24, 2.45) is 0 Å².